The third kappa shape index (κ3) is 2.58. The first-order valence-corrected chi connectivity index (χ1v) is 7.18. The first kappa shape index (κ1) is 15.2. The number of ether oxygens (including phenoxy) is 1. The standard InChI is InChI=1S/C16H15FN2O4/c1-23-16(22)9-6-7-12-13(15(20)21)18-14(19(12)8-9)10-4-2-3-5-11(10)17/h2-5,9H,6-8H2,1H3,(H,20,21). The minimum Gasteiger partial charge on any atom is -0.476 e. The summed E-state index contributed by atoms with van der Waals surface area (Å²) < 4.78 is 20.5. The molecule has 0 saturated heterocycles. The van der Waals surface area contributed by atoms with Crippen LogP contribution < -0.4 is 0 Å². The Labute approximate surface area is 131 Å². The van der Waals surface area contributed by atoms with E-state index in [0.717, 1.165) is 0 Å². The van der Waals surface area contributed by atoms with Gasteiger partial charge in [-0.05, 0) is 25.0 Å². The maximum absolute atomic E-state index is 14.1. The zero-order valence-electron chi connectivity index (χ0n) is 12.5. The molecule has 1 unspecified atom stereocenters. The molecule has 0 saturated carbocycles. The van der Waals surface area contributed by atoms with E-state index in [1.165, 1.54) is 13.2 Å². The molecule has 0 bridgehead atoms. The normalized spacial score (nSPS) is 16.7. The molecule has 0 spiro atoms. The summed E-state index contributed by atoms with van der Waals surface area (Å²) in [4.78, 5) is 27.3. The van der Waals surface area contributed by atoms with Crippen molar-refractivity contribution in [1.29, 1.82) is 0 Å². The smallest absolute Gasteiger partial charge is 0.356 e. The van der Waals surface area contributed by atoms with Crippen LogP contribution in [0.15, 0.2) is 24.3 Å². The third-order valence-corrected chi connectivity index (χ3v) is 4.06. The van der Waals surface area contributed by atoms with Crippen LogP contribution in [0, 0.1) is 11.7 Å². The van der Waals surface area contributed by atoms with Crippen molar-refractivity contribution in [2.24, 2.45) is 5.92 Å². The average molecular weight is 318 g/mol. The van der Waals surface area contributed by atoms with Crippen LogP contribution in [0.5, 0.6) is 0 Å². The van der Waals surface area contributed by atoms with Gasteiger partial charge in [0.05, 0.1) is 24.3 Å². The number of halogens is 1. The highest BCUT2D eigenvalue weighted by atomic mass is 19.1. The Morgan fingerprint density at radius 1 is 1.39 bits per heavy atom. The molecule has 0 aliphatic carbocycles. The summed E-state index contributed by atoms with van der Waals surface area (Å²) >= 11 is 0. The second-order valence-electron chi connectivity index (χ2n) is 5.39. The highest BCUT2D eigenvalue weighted by Crippen LogP contribution is 2.31. The van der Waals surface area contributed by atoms with Crippen LogP contribution in [0.2, 0.25) is 0 Å². The molecule has 6 nitrogen and oxygen atoms in total. The van der Waals surface area contributed by atoms with E-state index in [1.54, 1.807) is 22.8 Å². The SMILES string of the molecule is COC(=O)C1CCc2c(C(=O)O)nc(-c3ccccc3F)n2C1. The van der Waals surface area contributed by atoms with Gasteiger partial charge < -0.3 is 14.4 Å². The number of carboxylic acids is 1. The second-order valence-corrected chi connectivity index (χ2v) is 5.39. The highest BCUT2D eigenvalue weighted by Gasteiger charge is 2.32. The number of esters is 1. The molecule has 1 atom stereocenters. The lowest BCUT2D eigenvalue weighted by Crippen LogP contribution is -2.28. The van der Waals surface area contributed by atoms with E-state index in [0.29, 0.717) is 18.5 Å². The van der Waals surface area contributed by atoms with Crippen LogP contribution in [-0.4, -0.2) is 33.7 Å². The van der Waals surface area contributed by atoms with Crippen LogP contribution in [0.3, 0.4) is 0 Å². The molecule has 7 heteroatoms. The predicted octanol–water partition coefficient (Wildman–Crippen LogP) is 2.12. The topological polar surface area (TPSA) is 81.4 Å². The van der Waals surface area contributed by atoms with Gasteiger partial charge in [-0.25, -0.2) is 14.2 Å². The number of fused-ring (bicyclic) bond motifs is 1. The lowest BCUT2D eigenvalue weighted by molar-refractivity contribution is -0.146. The number of nitrogens with zero attached hydrogens (tertiary/aromatic N) is 2. The van der Waals surface area contributed by atoms with Crippen molar-refractivity contribution >= 4 is 11.9 Å². The summed E-state index contributed by atoms with van der Waals surface area (Å²) in [7, 11) is 1.31. The Balaban J connectivity index is 2.13. The average Bonchev–Trinajstić information content (AvgIpc) is 2.93. The molecule has 2 heterocycles. The van der Waals surface area contributed by atoms with Crippen molar-refractivity contribution in [3.63, 3.8) is 0 Å². The maximum Gasteiger partial charge on any atom is 0.356 e. The Hall–Kier alpha value is -2.70. The van der Waals surface area contributed by atoms with Gasteiger partial charge >= 0.3 is 11.9 Å². The number of aromatic carboxylic acids is 1. The number of methoxy groups -OCH3 is 1. The van der Waals surface area contributed by atoms with E-state index < -0.39 is 17.7 Å². The lowest BCUT2D eigenvalue weighted by Gasteiger charge is -2.24. The van der Waals surface area contributed by atoms with E-state index in [-0.39, 0.29) is 29.6 Å². The van der Waals surface area contributed by atoms with Crippen molar-refractivity contribution in [2.45, 2.75) is 19.4 Å². The highest BCUT2D eigenvalue weighted by molar-refractivity contribution is 5.88. The minimum atomic E-state index is -1.16. The number of hydrogen-bond donors (Lipinski definition) is 1. The van der Waals surface area contributed by atoms with Gasteiger partial charge in [0, 0.05) is 6.54 Å². The zero-order valence-corrected chi connectivity index (χ0v) is 12.5. The van der Waals surface area contributed by atoms with Gasteiger partial charge in [0.15, 0.2) is 5.69 Å². The van der Waals surface area contributed by atoms with Gasteiger partial charge in [0.25, 0.3) is 0 Å². The van der Waals surface area contributed by atoms with Gasteiger partial charge in [0.1, 0.15) is 11.6 Å². The Kier molecular flexibility index (Phi) is 3.85. The van der Waals surface area contributed by atoms with Crippen molar-refractivity contribution in [1.82, 2.24) is 9.55 Å². The van der Waals surface area contributed by atoms with Gasteiger partial charge in [-0.15, -0.1) is 0 Å². The van der Waals surface area contributed by atoms with Gasteiger partial charge in [-0.3, -0.25) is 4.79 Å². The van der Waals surface area contributed by atoms with E-state index in [4.69, 9.17) is 4.74 Å². The van der Waals surface area contributed by atoms with Crippen LogP contribution >= 0.6 is 0 Å². The summed E-state index contributed by atoms with van der Waals surface area (Å²) in [6, 6.07) is 6.03. The lowest BCUT2D eigenvalue weighted by atomic mass is 9.97. The predicted molar refractivity (Wildman–Crippen MR) is 78.4 cm³/mol. The summed E-state index contributed by atoms with van der Waals surface area (Å²) in [5.41, 5.74) is 0.634. The molecule has 1 N–H and O–H groups in total. The fourth-order valence-corrected chi connectivity index (χ4v) is 2.94. The maximum atomic E-state index is 14.1. The molecule has 0 fully saturated rings. The number of rotatable bonds is 3. The molecule has 23 heavy (non-hydrogen) atoms. The number of carboxylic acid groups (broad SMARTS) is 1. The molecule has 0 radical (unpaired) electrons. The first-order valence-electron chi connectivity index (χ1n) is 7.18. The Morgan fingerprint density at radius 2 is 2.13 bits per heavy atom. The van der Waals surface area contributed by atoms with Crippen molar-refractivity contribution in [2.75, 3.05) is 7.11 Å². The fourth-order valence-electron chi connectivity index (χ4n) is 2.94. The van der Waals surface area contributed by atoms with Crippen LogP contribution in [0.1, 0.15) is 22.6 Å². The van der Waals surface area contributed by atoms with Crippen molar-refractivity contribution < 1.29 is 23.8 Å². The molecular formula is C16H15FN2O4. The molecule has 3 rings (SSSR count). The second kappa shape index (κ2) is 5.83. The van der Waals surface area contributed by atoms with E-state index in [9.17, 15) is 19.1 Å². The summed E-state index contributed by atoms with van der Waals surface area (Å²) in [6.45, 7) is 0.228. The number of benzene rings is 1. The van der Waals surface area contributed by atoms with Crippen molar-refractivity contribution in [3.05, 3.63) is 41.5 Å². The van der Waals surface area contributed by atoms with Crippen LogP contribution in [0.25, 0.3) is 11.4 Å². The minimum absolute atomic E-state index is 0.0911. The molecule has 0 amide bonds. The molecule has 1 aliphatic heterocycles. The monoisotopic (exact) mass is 318 g/mol. The number of imidazole rings is 1. The summed E-state index contributed by atoms with van der Waals surface area (Å²) in [6.07, 6.45) is 0.859. The van der Waals surface area contributed by atoms with E-state index in [1.807, 2.05) is 0 Å². The quantitative estimate of drug-likeness (QED) is 0.877. The number of carbonyl (C=O) groups is 2. The molecule has 1 aromatic heterocycles. The summed E-state index contributed by atoms with van der Waals surface area (Å²) in [5.74, 6) is -2.18. The Bertz CT molecular complexity index is 784. The Morgan fingerprint density at radius 3 is 2.78 bits per heavy atom. The van der Waals surface area contributed by atoms with Gasteiger partial charge in [0.2, 0.25) is 0 Å². The number of carbonyl (C=O) groups excluding carboxylic acids is 1. The zero-order chi connectivity index (χ0) is 16.6. The van der Waals surface area contributed by atoms with E-state index >= 15 is 0 Å². The van der Waals surface area contributed by atoms with E-state index in [2.05, 4.69) is 4.98 Å². The molecule has 120 valence electrons. The van der Waals surface area contributed by atoms with Crippen LogP contribution in [0.4, 0.5) is 4.39 Å². The first-order chi connectivity index (χ1) is 11.0. The van der Waals surface area contributed by atoms with Gasteiger partial charge in [-0.2, -0.15) is 0 Å². The number of hydrogen-bond acceptors (Lipinski definition) is 4. The molecule has 1 aromatic carbocycles. The molecule has 1 aliphatic rings. The number of aromatic nitrogens is 2. The molecular weight excluding hydrogens is 303 g/mol. The van der Waals surface area contributed by atoms with Gasteiger partial charge in [-0.1, -0.05) is 12.1 Å². The molecule has 2 aromatic rings. The third-order valence-electron chi connectivity index (χ3n) is 4.06. The van der Waals surface area contributed by atoms with Crippen LogP contribution in [-0.2, 0) is 22.5 Å². The summed E-state index contributed by atoms with van der Waals surface area (Å²) in [5, 5.41) is 9.33. The fraction of sp³-hybridized carbons (Fsp3) is 0.312. The largest absolute Gasteiger partial charge is 0.476 e. The van der Waals surface area contributed by atoms with Crippen molar-refractivity contribution in [3.8, 4) is 11.4 Å².